The van der Waals surface area contributed by atoms with Gasteiger partial charge in [0.25, 0.3) is 5.69 Å². The molecule has 0 spiro atoms. The van der Waals surface area contributed by atoms with E-state index >= 15 is 0 Å². The lowest BCUT2D eigenvalue weighted by Crippen LogP contribution is -1.94. The first-order chi connectivity index (χ1) is 7.25. The summed E-state index contributed by atoms with van der Waals surface area (Å²) in [6.07, 6.45) is 3.67. The molecular formula is C11H14N2O2. The van der Waals surface area contributed by atoms with E-state index in [2.05, 4.69) is 11.9 Å². The average molecular weight is 206 g/mol. The fourth-order valence-electron chi connectivity index (χ4n) is 1.18. The van der Waals surface area contributed by atoms with Gasteiger partial charge in [-0.25, -0.2) is 0 Å². The van der Waals surface area contributed by atoms with Gasteiger partial charge in [0, 0.05) is 18.8 Å². The highest BCUT2D eigenvalue weighted by atomic mass is 16.6. The first kappa shape index (κ1) is 11.4. The Bertz CT molecular complexity index is 361. The van der Waals surface area contributed by atoms with Crippen LogP contribution in [0.1, 0.15) is 25.3 Å². The second-order valence-electron chi connectivity index (χ2n) is 3.20. The van der Waals surface area contributed by atoms with Crippen molar-refractivity contribution in [2.24, 2.45) is 4.99 Å². The molecule has 0 saturated heterocycles. The van der Waals surface area contributed by atoms with Crippen LogP contribution in [0.2, 0.25) is 0 Å². The Hall–Kier alpha value is -1.71. The molecule has 0 heterocycles. The fraction of sp³-hybridized carbons (Fsp3) is 0.364. The Morgan fingerprint density at radius 3 is 2.87 bits per heavy atom. The van der Waals surface area contributed by atoms with E-state index < -0.39 is 0 Å². The molecule has 0 amide bonds. The largest absolute Gasteiger partial charge is 0.292 e. The number of unbranched alkanes of at least 4 members (excludes halogenated alkanes) is 1. The third-order valence-electron chi connectivity index (χ3n) is 2.00. The Labute approximate surface area is 88.8 Å². The van der Waals surface area contributed by atoms with Crippen molar-refractivity contribution in [2.75, 3.05) is 6.54 Å². The van der Waals surface area contributed by atoms with Gasteiger partial charge in [-0.3, -0.25) is 15.1 Å². The van der Waals surface area contributed by atoms with E-state index in [1.807, 2.05) is 0 Å². The molecule has 80 valence electrons. The van der Waals surface area contributed by atoms with Crippen LogP contribution in [0, 0.1) is 10.1 Å². The van der Waals surface area contributed by atoms with Crippen molar-refractivity contribution in [1.82, 2.24) is 0 Å². The molecule has 0 aromatic heterocycles. The van der Waals surface area contributed by atoms with E-state index in [1.165, 1.54) is 6.07 Å². The van der Waals surface area contributed by atoms with Gasteiger partial charge in [0.15, 0.2) is 0 Å². The van der Waals surface area contributed by atoms with Gasteiger partial charge < -0.3 is 0 Å². The van der Waals surface area contributed by atoms with Crippen LogP contribution in [0.5, 0.6) is 0 Å². The van der Waals surface area contributed by atoms with Crippen LogP contribution in [0.4, 0.5) is 5.69 Å². The van der Waals surface area contributed by atoms with Crippen molar-refractivity contribution in [2.45, 2.75) is 19.8 Å². The minimum absolute atomic E-state index is 0.109. The summed E-state index contributed by atoms with van der Waals surface area (Å²) in [5.41, 5.74) is 0.677. The lowest BCUT2D eigenvalue weighted by molar-refractivity contribution is -0.385. The van der Waals surface area contributed by atoms with Gasteiger partial charge in [0.1, 0.15) is 0 Å². The molecule has 0 aliphatic heterocycles. The summed E-state index contributed by atoms with van der Waals surface area (Å²) in [5.74, 6) is 0. The standard InChI is InChI=1S/C11H14N2O2/c1-2-3-8-12-9-10-6-4-5-7-11(10)13(14)15/h4-7,9H,2-3,8H2,1H3/b12-9+. The lowest BCUT2D eigenvalue weighted by atomic mass is 10.2. The number of nitro benzene ring substituents is 1. The summed E-state index contributed by atoms with van der Waals surface area (Å²) < 4.78 is 0. The molecule has 4 heteroatoms. The maximum atomic E-state index is 10.7. The molecule has 0 N–H and O–H groups in total. The van der Waals surface area contributed by atoms with E-state index in [9.17, 15) is 10.1 Å². The van der Waals surface area contributed by atoms with Gasteiger partial charge in [-0.1, -0.05) is 25.5 Å². The van der Waals surface area contributed by atoms with Crippen LogP contribution < -0.4 is 0 Å². The number of para-hydroxylation sites is 1. The molecule has 4 nitrogen and oxygen atoms in total. The highest BCUT2D eigenvalue weighted by Gasteiger charge is 2.09. The number of nitrogens with zero attached hydrogens (tertiary/aromatic N) is 2. The van der Waals surface area contributed by atoms with Crippen molar-refractivity contribution in [1.29, 1.82) is 0 Å². The second-order valence-corrected chi connectivity index (χ2v) is 3.20. The third kappa shape index (κ3) is 3.50. The second kappa shape index (κ2) is 5.90. The fourth-order valence-corrected chi connectivity index (χ4v) is 1.18. The van der Waals surface area contributed by atoms with Crippen molar-refractivity contribution in [3.8, 4) is 0 Å². The van der Waals surface area contributed by atoms with Crippen LogP contribution in [0.25, 0.3) is 0 Å². The monoisotopic (exact) mass is 206 g/mol. The van der Waals surface area contributed by atoms with E-state index in [1.54, 1.807) is 24.4 Å². The minimum Gasteiger partial charge on any atom is -0.292 e. The van der Waals surface area contributed by atoms with E-state index in [-0.39, 0.29) is 10.6 Å². The zero-order valence-electron chi connectivity index (χ0n) is 8.72. The summed E-state index contributed by atoms with van der Waals surface area (Å²) in [4.78, 5) is 14.4. The summed E-state index contributed by atoms with van der Waals surface area (Å²) in [6.45, 7) is 2.81. The zero-order valence-corrected chi connectivity index (χ0v) is 8.72. The van der Waals surface area contributed by atoms with E-state index in [0.29, 0.717) is 5.56 Å². The molecule has 0 saturated carbocycles. The number of rotatable bonds is 5. The number of nitro groups is 1. The quantitative estimate of drug-likeness (QED) is 0.322. The minimum atomic E-state index is -0.388. The number of benzene rings is 1. The smallest absolute Gasteiger partial charge is 0.278 e. The molecule has 0 bridgehead atoms. The summed E-state index contributed by atoms with van der Waals surface area (Å²) in [6, 6.07) is 6.62. The SMILES string of the molecule is CCCC/N=C/c1ccccc1[N+](=O)[O-]. The molecule has 0 atom stereocenters. The first-order valence-corrected chi connectivity index (χ1v) is 4.99. The third-order valence-corrected chi connectivity index (χ3v) is 2.00. The van der Waals surface area contributed by atoms with Crippen LogP contribution in [0.3, 0.4) is 0 Å². The van der Waals surface area contributed by atoms with Crippen LogP contribution in [-0.4, -0.2) is 17.7 Å². The molecule has 0 aliphatic rings. The maximum Gasteiger partial charge on any atom is 0.278 e. The van der Waals surface area contributed by atoms with Gasteiger partial charge in [0.05, 0.1) is 10.5 Å². The van der Waals surface area contributed by atoms with Gasteiger partial charge in [0.2, 0.25) is 0 Å². The molecular weight excluding hydrogens is 192 g/mol. The van der Waals surface area contributed by atoms with Crippen molar-refractivity contribution in [3.05, 3.63) is 39.9 Å². The highest BCUT2D eigenvalue weighted by Crippen LogP contribution is 2.15. The van der Waals surface area contributed by atoms with Crippen molar-refractivity contribution < 1.29 is 4.92 Å². The van der Waals surface area contributed by atoms with Gasteiger partial charge >= 0.3 is 0 Å². The number of hydrogen-bond donors (Lipinski definition) is 0. The Morgan fingerprint density at radius 1 is 1.47 bits per heavy atom. The summed E-state index contributed by atoms with van der Waals surface area (Å²) in [5, 5.41) is 10.7. The zero-order chi connectivity index (χ0) is 11.1. The van der Waals surface area contributed by atoms with Gasteiger partial charge in [-0.2, -0.15) is 0 Å². The molecule has 1 rings (SSSR count). The molecule has 0 radical (unpaired) electrons. The normalized spacial score (nSPS) is 10.7. The van der Waals surface area contributed by atoms with Gasteiger partial charge in [-0.05, 0) is 12.5 Å². The molecule has 15 heavy (non-hydrogen) atoms. The average Bonchev–Trinajstić information content (AvgIpc) is 2.25. The molecule has 0 aliphatic carbocycles. The predicted molar refractivity (Wildman–Crippen MR) is 60.5 cm³/mol. The van der Waals surface area contributed by atoms with Crippen molar-refractivity contribution >= 4 is 11.9 Å². The predicted octanol–water partition coefficient (Wildman–Crippen LogP) is 2.81. The van der Waals surface area contributed by atoms with Crippen LogP contribution in [-0.2, 0) is 0 Å². The van der Waals surface area contributed by atoms with E-state index in [0.717, 1.165) is 19.4 Å². The first-order valence-electron chi connectivity index (χ1n) is 4.99. The molecule has 1 aromatic rings. The summed E-state index contributed by atoms with van der Waals surface area (Å²) >= 11 is 0. The van der Waals surface area contributed by atoms with Crippen LogP contribution in [0.15, 0.2) is 29.3 Å². The summed E-state index contributed by atoms with van der Waals surface area (Å²) in [7, 11) is 0. The Balaban J connectivity index is 2.75. The van der Waals surface area contributed by atoms with Crippen LogP contribution >= 0.6 is 0 Å². The highest BCUT2D eigenvalue weighted by molar-refractivity contribution is 5.85. The van der Waals surface area contributed by atoms with Crippen molar-refractivity contribution in [3.63, 3.8) is 0 Å². The van der Waals surface area contributed by atoms with E-state index in [4.69, 9.17) is 0 Å². The number of aliphatic imine (C=N–C) groups is 1. The molecule has 1 aromatic carbocycles. The molecule has 0 unspecified atom stereocenters. The Morgan fingerprint density at radius 2 is 2.20 bits per heavy atom. The maximum absolute atomic E-state index is 10.7. The number of hydrogen-bond acceptors (Lipinski definition) is 3. The molecule has 0 fully saturated rings. The van der Waals surface area contributed by atoms with Gasteiger partial charge in [-0.15, -0.1) is 0 Å². The lowest BCUT2D eigenvalue weighted by Gasteiger charge is -1.95. The topological polar surface area (TPSA) is 55.5 Å². The Kier molecular flexibility index (Phi) is 4.47.